The van der Waals surface area contributed by atoms with Gasteiger partial charge in [0.15, 0.2) is 9.84 Å². The molecule has 1 heterocycles. The van der Waals surface area contributed by atoms with E-state index < -0.39 is 27.7 Å². The van der Waals surface area contributed by atoms with Crippen molar-refractivity contribution in [1.29, 1.82) is 0 Å². The molecule has 154 valence electrons. The van der Waals surface area contributed by atoms with Crippen molar-refractivity contribution >= 4 is 15.8 Å². The van der Waals surface area contributed by atoms with Crippen molar-refractivity contribution in [2.45, 2.75) is 11.1 Å². The molecule has 0 radical (unpaired) electrons. The van der Waals surface area contributed by atoms with Crippen molar-refractivity contribution in [1.82, 2.24) is 20.2 Å². The van der Waals surface area contributed by atoms with Crippen LogP contribution in [-0.4, -0.2) is 52.1 Å². The Morgan fingerprint density at radius 3 is 2.21 bits per heavy atom. The summed E-state index contributed by atoms with van der Waals surface area (Å²) in [5.41, 5.74) is 0.967. The van der Waals surface area contributed by atoms with Gasteiger partial charge in [0.2, 0.25) is 0 Å². The first kappa shape index (κ1) is 20.3. The van der Waals surface area contributed by atoms with Gasteiger partial charge in [-0.25, -0.2) is 23.1 Å². The number of hydrogen-bond acceptors (Lipinski definition) is 6. The highest BCUT2D eigenvalue weighted by Crippen LogP contribution is 2.23. The number of alkyl halides is 3. The van der Waals surface area contributed by atoms with E-state index in [1.165, 1.54) is 12.1 Å². The number of carboxylic acid groups (broad SMARTS) is 1. The van der Waals surface area contributed by atoms with Gasteiger partial charge in [-0.15, -0.1) is 0 Å². The summed E-state index contributed by atoms with van der Waals surface area (Å²) >= 11 is 0. The Kier molecular flexibility index (Phi) is 5.77. The Morgan fingerprint density at radius 2 is 1.76 bits per heavy atom. The number of nitrogens with one attached hydrogen (secondary N) is 1. The number of carboxylic acids is 1. The molecule has 0 aliphatic carbocycles. The molecule has 0 fully saturated rings. The van der Waals surface area contributed by atoms with Crippen molar-refractivity contribution in [3.8, 4) is 16.8 Å². The monoisotopic (exact) mass is 431 g/mol. The van der Waals surface area contributed by atoms with Crippen molar-refractivity contribution in [2.75, 3.05) is 6.26 Å². The molecule has 0 atom stereocenters. The summed E-state index contributed by atoms with van der Waals surface area (Å²) in [5, 5.41) is 16.3. The smallest absolute Gasteiger partial charge is 0.475 e. The molecular formula is C16H13F3N4O5S. The molecule has 0 aliphatic rings. The van der Waals surface area contributed by atoms with Crippen LogP contribution in [0.1, 0.15) is 1.37 Å². The van der Waals surface area contributed by atoms with Gasteiger partial charge in [0.05, 0.1) is 12.0 Å². The largest absolute Gasteiger partial charge is 0.490 e. The van der Waals surface area contributed by atoms with E-state index >= 15 is 0 Å². The van der Waals surface area contributed by atoms with Gasteiger partial charge in [0.1, 0.15) is 0 Å². The van der Waals surface area contributed by atoms with Crippen LogP contribution >= 0.6 is 0 Å². The third kappa shape index (κ3) is 5.75. The first-order valence-electron chi connectivity index (χ1n) is 8.03. The number of tetrazole rings is 1. The molecule has 9 nitrogen and oxygen atoms in total. The number of nitrogens with zero attached hydrogens (tertiary/aromatic N) is 3. The van der Waals surface area contributed by atoms with Gasteiger partial charge in [-0.3, -0.25) is 0 Å². The second-order valence-electron chi connectivity index (χ2n) is 5.47. The fourth-order valence-corrected chi connectivity index (χ4v) is 2.62. The number of carbonyl (C=O) groups is 1. The molecule has 13 heteroatoms. The normalized spacial score (nSPS) is 11.9. The molecule has 2 aromatic carbocycles. The van der Waals surface area contributed by atoms with Crippen LogP contribution in [0.3, 0.4) is 0 Å². The number of H-pyrrole nitrogens is 1. The lowest BCUT2D eigenvalue weighted by Gasteiger charge is -2.05. The van der Waals surface area contributed by atoms with Gasteiger partial charge in [-0.05, 0) is 45.8 Å². The molecule has 0 spiro atoms. The van der Waals surface area contributed by atoms with E-state index in [9.17, 15) is 26.4 Å². The number of benzene rings is 2. The van der Waals surface area contributed by atoms with Gasteiger partial charge in [-0.2, -0.15) is 17.9 Å². The zero-order chi connectivity index (χ0) is 22.7. The van der Waals surface area contributed by atoms with Crippen LogP contribution in [0.2, 0.25) is 0 Å². The standard InChI is InChI=1S/C14H12N4O3S.C2HF3O2/c1-22(20,21)13-7-5-10(6-8-13)11-3-2-4-12(9-11)18-14(19)15-16-17-18;3-2(4,5)1(6)7/h2-9H,1H3,(H,15,17,19);(H,6,7)/i9D;. The summed E-state index contributed by atoms with van der Waals surface area (Å²) in [6.45, 7) is 0. The second-order valence-corrected chi connectivity index (χ2v) is 7.48. The summed E-state index contributed by atoms with van der Waals surface area (Å²) in [5.74, 6) is -2.76. The zero-order valence-electron chi connectivity index (χ0n) is 15.5. The summed E-state index contributed by atoms with van der Waals surface area (Å²) in [4.78, 5) is 20.7. The fourth-order valence-electron chi connectivity index (χ4n) is 1.99. The molecule has 3 rings (SSSR count). The Balaban J connectivity index is 0.000000396. The lowest BCUT2D eigenvalue weighted by Crippen LogP contribution is -2.21. The van der Waals surface area contributed by atoms with Crippen molar-refractivity contribution in [2.24, 2.45) is 0 Å². The summed E-state index contributed by atoms with van der Waals surface area (Å²) < 4.78 is 64.0. The SMILES string of the molecule is O=C(O)C(F)(F)F.[2H]c1c(-c2ccc(S(C)(=O)=O)cc2)cccc1-n1nn[nH]c1=O. The summed E-state index contributed by atoms with van der Waals surface area (Å²) in [7, 11) is -3.28. The van der Waals surface area contributed by atoms with Crippen LogP contribution < -0.4 is 5.69 Å². The van der Waals surface area contributed by atoms with Gasteiger partial charge in [0, 0.05) is 6.26 Å². The Morgan fingerprint density at radius 1 is 1.17 bits per heavy atom. The molecule has 0 amide bonds. The predicted molar refractivity (Wildman–Crippen MR) is 94.2 cm³/mol. The number of halogens is 3. The van der Waals surface area contributed by atoms with Crippen LogP contribution in [0.25, 0.3) is 16.8 Å². The molecule has 0 saturated carbocycles. The van der Waals surface area contributed by atoms with E-state index in [1.54, 1.807) is 30.3 Å². The average molecular weight is 431 g/mol. The highest BCUT2D eigenvalue weighted by molar-refractivity contribution is 7.90. The third-order valence-electron chi connectivity index (χ3n) is 3.32. The molecule has 1 aromatic heterocycles. The molecule has 29 heavy (non-hydrogen) atoms. The number of aromatic nitrogens is 4. The molecular weight excluding hydrogens is 417 g/mol. The van der Waals surface area contributed by atoms with Crippen molar-refractivity contribution in [3.63, 3.8) is 0 Å². The van der Waals surface area contributed by atoms with E-state index in [1.807, 2.05) is 0 Å². The number of aromatic amines is 1. The maximum absolute atomic E-state index is 11.6. The highest BCUT2D eigenvalue weighted by atomic mass is 32.2. The Labute approximate surface area is 162 Å². The van der Waals surface area contributed by atoms with Gasteiger partial charge >= 0.3 is 17.8 Å². The first-order valence-corrected chi connectivity index (χ1v) is 9.42. The molecule has 0 aliphatic heterocycles. The lowest BCUT2D eigenvalue weighted by molar-refractivity contribution is -0.192. The lowest BCUT2D eigenvalue weighted by atomic mass is 10.1. The third-order valence-corrected chi connectivity index (χ3v) is 4.44. The maximum Gasteiger partial charge on any atom is 0.490 e. The molecule has 0 unspecified atom stereocenters. The average Bonchev–Trinajstić information content (AvgIpc) is 3.07. The van der Waals surface area contributed by atoms with E-state index in [0.29, 0.717) is 11.1 Å². The van der Waals surface area contributed by atoms with E-state index in [2.05, 4.69) is 15.5 Å². The van der Waals surface area contributed by atoms with E-state index in [4.69, 9.17) is 11.3 Å². The van der Waals surface area contributed by atoms with E-state index in [0.717, 1.165) is 10.9 Å². The Hall–Kier alpha value is -3.48. The quantitative estimate of drug-likeness (QED) is 0.644. The molecule has 3 aromatic rings. The molecule has 0 bridgehead atoms. The minimum Gasteiger partial charge on any atom is -0.475 e. The van der Waals surface area contributed by atoms with Crippen LogP contribution in [0.4, 0.5) is 13.2 Å². The predicted octanol–water partition coefficient (Wildman–Crippen LogP) is 1.66. The Bertz CT molecular complexity index is 1220. The van der Waals surface area contributed by atoms with Crippen molar-refractivity contribution < 1.29 is 32.9 Å². The highest BCUT2D eigenvalue weighted by Gasteiger charge is 2.38. The van der Waals surface area contributed by atoms with Gasteiger partial charge < -0.3 is 5.11 Å². The molecule has 2 N–H and O–H groups in total. The van der Waals surface area contributed by atoms with Crippen LogP contribution in [0.15, 0.2) is 58.2 Å². The zero-order valence-corrected chi connectivity index (χ0v) is 15.3. The van der Waals surface area contributed by atoms with Crippen LogP contribution in [-0.2, 0) is 14.6 Å². The molecule has 0 saturated heterocycles. The first-order chi connectivity index (χ1) is 13.8. The number of sulfone groups is 1. The van der Waals surface area contributed by atoms with Crippen LogP contribution in [0.5, 0.6) is 0 Å². The number of hydrogen-bond donors (Lipinski definition) is 2. The van der Waals surface area contributed by atoms with Crippen LogP contribution in [0, 0.1) is 0 Å². The maximum atomic E-state index is 11.6. The summed E-state index contributed by atoms with van der Waals surface area (Å²) in [6, 6.07) is 11.3. The second kappa shape index (κ2) is 8.26. The van der Waals surface area contributed by atoms with Gasteiger partial charge in [0.25, 0.3) is 0 Å². The summed E-state index contributed by atoms with van der Waals surface area (Å²) in [6.07, 6.45) is -3.95. The number of aliphatic carboxylic acids is 1. The topological polar surface area (TPSA) is 135 Å². The number of rotatable bonds is 3. The van der Waals surface area contributed by atoms with E-state index in [-0.39, 0.29) is 16.6 Å². The van der Waals surface area contributed by atoms with Gasteiger partial charge in [-0.1, -0.05) is 24.3 Å². The minimum atomic E-state index is -5.08. The van der Waals surface area contributed by atoms with Crippen molar-refractivity contribution in [3.05, 3.63) is 59.0 Å². The minimum absolute atomic E-state index is 0.0932. The fraction of sp³-hybridized carbons (Fsp3) is 0.125.